The highest BCUT2D eigenvalue weighted by Gasteiger charge is 2.24. The molecule has 1 aromatic carbocycles. The Labute approximate surface area is 122 Å². The van der Waals surface area contributed by atoms with Crippen molar-refractivity contribution in [2.75, 3.05) is 13.2 Å². The van der Waals surface area contributed by atoms with Crippen LogP contribution in [0.4, 0.5) is 5.69 Å². The van der Waals surface area contributed by atoms with Crippen molar-refractivity contribution in [3.8, 4) is 11.8 Å². The lowest BCUT2D eigenvalue weighted by atomic mass is 10.1. The minimum atomic E-state index is -0.832. The predicted molar refractivity (Wildman–Crippen MR) is 75.9 cm³/mol. The van der Waals surface area contributed by atoms with Gasteiger partial charge in [0.05, 0.1) is 16.0 Å². The molecule has 0 saturated carbocycles. The fourth-order valence-corrected chi connectivity index (χ4v) is 1.70. The summed E-state index contributed by atoms with van der Waals surface area (Å²) in [5.74, 6) is 0.317. The maximum absolute atomic E-state index is 10.6. The molecule has 0 amide bonds. The van der Waals surface area contributed by atoms with E-state index in [1.54, 1.807) is 6.92 Å². The second-order valence-electron chi connectivity index (χ2n) is 4.53. The molecule has 108 valence electrons. The average molecular weight is 298 g/mol. The second kappa shape index (κ2) is 7.08. The van der Waals surface area contributed by atoms with Crippen LogP contribution in [-0.4, -0.2) is 23.6 Å². The molecule has 0 aromatic heterocycles. The van der Waals surface area contributed by atoms with Gasteiger partial charge in [-0.2, -0.15) is 5.26 Å². The number of nitriles is 1. The molecule has 0 radical (unpaired) electrons. The third-order valence-electron chi connectivity index (χ3n) is 2.65. The first-order valence-electron chi connectivity index (χ1n) is 6.15. The van der Waals surface area contributed by atoms with Crippen LogP contribution in [0.2, 0.25) is 5.02 Å². The Hall–Kier alpha value is -1.84. The summed E-state index contributed by atoms with van der Waals surface area (Å²) in [6, 6.07) is 6.11. The van der Waals surface area contributed by atoms with Crippen molar-refractivity contribution >= 4 is 17.3 Å². The maximum Gasteiger partial charge on any atom is 0.271 e. The SMILES string of the molecule is CCCNC(C)(C#N)COc1ccc([N+](=O)[O-])cc1Cl. The van der Waals surface area contributed by atoms with Gasteiger partial charge in [0, 0.05) is 12.1 Å². The van der Waals surface area contributed by atoms with E-state index in [9.17, 15) is 10.1 Å². The third-order valence-corrected chi connectivity index (χ3v) is 2.95. The van der Waals surface area contributed by atoms with Crippen LogP contribution in [0.1, 0.15) is 20.3 Å². The van der Waals surface area contributed by atoms with Crippen LogP contribution in [0.5, 0.6) is 5.75 Å². The number of nitro groups is 1. The van der Waals surface area contributed by atoms with E-state index in [1.165, 1.54) is 18.2 Å². The van der Waals surface area contributed by atoms with Gasteiger partial charge in [-0.1, -0.05) is 18.5 Å². The van der Waals surface area contributed by atoms with E-state index in [4.69, 9.17) is 21.6 Å². The Morgan fingerprint density at radius 1 is 1.60 bits per heavy atom. The van der Waals surface area contributed by atoms with E-state index in [0.29, 0.717) is 12.3 Å². The number of nitrogens with zero attached hydrogens (tertiary/aromatic N) is 2. The first-order valence-corrected chi connectivity index (χ1v) is 6.52. The van der Waals surface area contributed by atoms with Crippen LogP contribution in [0, 0.1) is 21.4 Å². The predicted octanol–water partition coefficient (Wildman–Crippen LogP) is 2.91. The van der Waals surface area contributed by atoms with Gasteiger partial charge in [-0.15, -0.1) is 0 Å². The summed E-state index contributed by atoms with van der Waals surface area (Å²) in [5, 5.41) is 23.0. The van der Waals surface area contributed by atoms with Crippen LogP contribution >= 0.6 is 11.6 Å². The first kappa shape index (κ1) is 16.2. The van der Waals surface area contributed by atoms with Crippen molar-refractivity contribution < 1.29 is 9.66 Å². The van der Waals surface area contributed by atoms with Crippen molar-refractivity contribution in [3.05, 3.63) is 33.3 Å². The number of hydrogen-bond donors (Lipinski definition) is 1. The van der Waals surface area contributed by atoms with Crippen LogP contribution < -0.4 is 10.1 Å². The Morgan fingerprint density at radius 2 is 2.30 bits per heavy atom. The molecule has 0 aliphatic carbocycles. The van der Waals surface area contributed by atoms with Crippen molar-refractivity contribution in [2.24, 2.45) is 0 Å². The third kappa shape index (κ3) is 4.37. The van der Waals surface area contributed by atoms with Gasteiger partial charge in [0.25, 0.3) is 5.69 Å². The maximum atomic E-state index is 10.6. The summed E-state index contributed by atoms with van der Waals surface area (Å²) in [6.07, 6.45) is 0.898. The molecule has 0 saturated heterocycles. The van der Waals surface area contributed by atoms with Crippen LogP contribution in [-0.2, 0) is 0 Å². The fraction of sp³-hybridized carbons (Fsp3) is 0.462. The molecule has 0 spiro atoms. The minimum absolute atomic E-state index is 0.0982. The summed E-state index contributed by atoms with van der Waals surface area (Å²) in [4.78, 5) is 10.1. The minimum Gasteiger partial charge on any atom is -0.489 e. The zero-order valence-electron chi connectivity index (χ0n) is 11.4. The molecule has 1 atom stereocenters. The first-order chi connectivity index (χ1) is 9.41. The van der Waals surface area contributed by atoms with E-state index >= 15 is 0 Å². The number of nitrogens with one attached hydrogen (secondary N) is 1. The molecule has 6 nitrogen and oxygen atoms in total. The summed E-state index contributed by atoms with van der Waals surface area (Å²) in [7, 11) is 0. The zero-order chi connectivity index (χ0) is 15.2. The van der Waals surface area contributed by atoms with Crippen LogP contribution in [0.25, 0.3) is 0 Å². The quantitative estimate of drug-likeness (QED) is 0.617. The molecule has 0 heterocycles. The van der Waals surface area contributed by atoms with Gasteiger partial charge in [0.15, 0.2) is 0 Å². The molecule has 7 heteroatoms. The molecule has 1 N–H and O–H groups in total. The Bertz CT molecular complexity index is 530. The van der Waals surface area contributed by atoms with Crippen molar-refractivity contribution in [1.29, 1.82) is 5.26 Å². The van der Waals surface area contributed by atoms with Gasteiger partial charge in [-0.25, -0.2) is 0 Å². The smallest absolute Gasteiger partial charge is 0.271 e. The monoisotopic (exact) mass is 297 g/mol. The summed E-state index contributed by atoms with van der Waals surface area (Å²) in [5.41, 5.74) is -0.935. The number of ether oxygens (including phenoxy) is 1. The standard InChI is InChI=1S/C13H16ClN3O3/c1-3-6-16-13(2,8-15)9-20-12-5-4-10(17(18)19)7-11(12)14/h4-5,7,16H,3,6,9H2,1-2H3. The van der Waals surface area contributed by atoms with E-state index in [-0.39, 0.29) is 17.3 Å². The number of halogens is 1. The Morgan fingerprint density at radius 3 is 2.80 bits per heavy atom. The van der Waals surface area contributed by atoms with E-state index in [2.05, 4.69) is 11.4 Å². The normalized spacial score (nSPS) is 13.3. The zero-order valence-corrected chi connectivity index (χ0v) is 12.1. The highest BCUT2D eigenvalue weighted by molar-refractivity contribution is 6.32. The van der Waals surface area contributed by atoms with E-state index in [1.807, 2.05) is 6.92 Å². The van der Waals surface area contributed by atoms with Crippen molar-refractivity contribution in [3.63, 3.8) is 0 Å². The molecule has 20 heavy (non-hydrogen) atoms. The topological polar surface area (TPSA) is 88.2 Å². The van der Waals surface area contributed by atoms with Crippen LogP contribution in [0.3, 0.4) is 0 Å². The highest BCUT2D eigenvalue weighted by Crippen LogP contribution is 2.29. The lowest BCUT2D eigenvalue weighted by Gasteiger charge is -2.23. The molecule has 0 fully saturated rings. The van der Waals surface area contributed by atoms with Crippen molar-refractivity contribution in [1.82, 2.24) is 5.32 Å². The summed E-state index contributed by atoms with van der Waals surface area (Å²) >= 11 is 5.92. The molecule has 0 aliphatic heterocycles. The molecule has 1 rings (SSSR count). The molecule has 0 aliphatic rings. The summed E-state index contributed by atoms with van der Waals surface area (Å²) in [6.45, 7) is 4.52. The molecular formula is C13H16ClN3O3. The number of rotatable bonds is 7. The highest BCUT2D eigenvalue weighted by atomic mass is 35.5. The molecule has 1 aromatic rings. The Kier molecular flexibility index (Phi) is 5.74. The van der Waals surface area contributed by atoms with Gasteiger partial charge in [0.1, 0.15) is 17.9 Å². The number of nitro benzene ring substituents is 1. The van der Waals surface area contributed by atoms with Crippen LogP contribution in [0.15, 0.2) is 18.2 Å². The van der Waals surface area contributed by atoms with E-state index in [0.717, 1.165) is 6.42 Å². The largest absolute Gasteiger partial charge is 0.489 e. The van der Waals surface area contributed by atoms with Gasteiger partial charge < -0.3 is 4.74 Å². The number of benzene rings is 1. The fourth-order valence-electron chi connectivity index (χ4n) is 1.47. The molecule has 1 unspecified atom stereocenters. The second-order valence-corrected chi connectivity index (χ2v) is 4.94. The van der Waals surface area contributed by atoms with Gasteiger partial charge in [-0.05, 0) is 26.0 Å². The van der Waals surface area contributed by atoms with Crippen molar-refractivity contribution in [2.45, 2.75) is 25.8 Å². The Balaban J connectivity index is 2.74. The summed E-state index contributed by atoms with van der Waals surface area (Å²) < 4.78 is 5.49. The van der Waals surface area contributed by atoms with Gasteiger partial charge in [0.2, 0.25) is 0 Å². The number of non-ortho nitro benzene ring substituents is 1. The van der Waals surface area contributed by atoms with E-state index < -0.39 is 10.5 Å². The average Bonchev–Trinajstić information content (AvgIpc) is 2.43. The lowest BCUT2D eigenvalue weighted by Crippen LogP contribution is -2.46. The van der Waals surface area contributed by atoms with Gasteiger partial charge in [-0.3, -0.25) is 15.4 Å². The molecule has 0 bridgehead atoms. The molecular weight excluding hydrogens is 282 g/mol. The van der Waals surface area contributed by atoms with Gasteiger partial charge >= 0.3 is 0 Å². The number of hydrogen-bond acceptors (Lipinski definition) is 5. The lowest BCUT2D eigenvalue weighted by molar-refractivity contribution is -0.384.